The molecule has 0 spiro atoms. The first-order valence-corrected chi connectivity index (χ1v) is 11.7. The number of alkyl halides is 1. The molecule has 0 aliphatic heterocycles. The monoisotopic (exact) mass is 440 g/mol. The van der Waals surface area contributed by atoms with Crippen molar-refractivity contribution in [2.45, 2.75) is 89.2 Å². The van der Waals surface area contributed by atoms with Crippen LogP contribution in [0.25, 0.3) is 0 Å². The summed E-state index contributed by atoms with van der Waals surface area (Å²) < 4.78 is 11.3. The first-order chi connectivity index (χ1) is 12.8. The molecule has 0 aromatic carbocycles. The number of ether oxygens (including phenoxy) is 2. The zero-order valence-corrected chi connectivity index (χ0v) is 18.4. The summed E-state index contributed by atoms with van der Waals surface area (Å²) in [5.74, 6) is 3.41. The molecule has 0 unspecified atom stereocenters. The van der Waals surface area contributed by atoms with E-state index in [0.717, 1.165) is 37.0 Å². The number of fused-ring (bicyclic) bond motifs is 5. The number of esters is 2. The van der Waals surface area contributed by atoms with Gasteiger partial charge in [0, 0.05) is 19.3 Å². The Morgan fingerprint density at radius 2 is 1.63 bits per heavy atom. The summed E-state index contributed by atoms with van der Waals surface area (Å²) in [5.41, 5.74) is 0.169. The molecule has 0 radical (unpaired) electrons. The molecule has 0 saturated heterocycles. The van der Waals surface area contributed by atoms with Gasteiger partial charge in [-0.3, -0.25) is 9.59 Å². The highest BCUT2D eigenvalue weighted by Gasteiger charge is 2.58. The van der Waals surface area contributed by atoms with Gasteiger partial charge < -0.3 is 9.47 Å². The quantitative estimate of drug-likeness (QED) is 0.453. The van der Waals surface area contributed by atoms with Crippen LogP contribution in [0.4, 0.5) is 0 Å². The van der Waals surface area contributed by atoms with Crippen molar-refractivity contribution in [2.75, 3.05) is 0 Å². The number of carbonyl (C=O) groups is 2. The summed E-state index contributed by atoms with van der Waals surface area (Å²) in [4.78, 5) is 23.3. The second-order valence-electron chi connectivity index (χ2n) is 9.79. The van der Waals surface area contributed by atoms with Gasteiger partial charge in [0.25, 0.3) is 0 Å². The minimum Gasteiger partial charge on any atom is -0.462 e. The van der Waals surface area contributed by atoms with Crippen LogP contribution in [-0.2, 0) is 19.1 Å². The molecule has 9 atom stereocenters. The third-order valence-corrected chi connectivity index (χ3v) is 9.46. The van der Waals surface area contributed by atoms with Gasteiger partial charge in [0.2, 0.25) is 0 Å². The van der Waals surface area contributed by atoms with E-state index in [9.17, 15) is 9.59 Å². The molecule has 0 aromatic rings. The summed E-state index contributed by atoms with van der Waals surface area (Å²) in [6.45, 7) is 5.45. The average molecular weight is 441 g/mol. The number of rotatable bonds is 2. The molecule has 0 amide bonds. The maximum atomic E-state index is 11.6. The van der Waals surface area contributed by atoms with Crippen LogP contribution in [0, 0.1) is 35.0 Å². The molecule has 0 bridgehead atoms. The third kappa shape index (κ3) is 3.47. The van der Waals surface area contributed by atoms with Crippen molar-refractivity contribution in [3.8, 4) is 0 Å². The van der Waals surface area contributed by atoms with Crippen LogP contribution in [0.15, 0.2) is 0 Å². The molecule has 0 heterocycles. The summed E-state index contributed by atoms with van der Waals surface area (Å²) in [7, 11) is 0. The molecule has 4 fully saturated rings. The van der Waals surface area contributed by atoms with Crippen molar-refractivity contribution in [3.05, 3.63) is 0 Å². The predicted octanol–water partition coefficient (Wildman–Crippen LogP) is 4.88. The Morgan fingerprint density at radius 3 is 2.33 bits per heavy atom. The van der Waals surface area contributed by atoms with Gasteiger partial charge in [-0.05, 0) is 81.0 Å². The zero-order valence-electron chi connectivity index (χ0n) is 16.8. The lowest BCUT2D eigenvalue weighted by atomic mass is 9.50. The fraction of sp³-hybridized carbons (Fsp3) is 0.909. The normalized spacial score (nSPS) is 48.7. The highest BCUT2D eigenvalue weighted by Crippen LogP contribution is 2.63. The summed E-state index contributed by atoms with van der Waals surface area (Å²) in [6.07, 6.45) is 9.52. The van der Waals surface area contributed by atoms with E-state index >= 15 is 0 Å². The van der Waals surface area contributed by atoms with E-state index in [2.05, 4.69) is 22.9 Å². The second-order valence-corrected chi connectivity index (χ2v) is 11.0. The lowest BCUT2D eigenvalue weighted by Crippen LogP contribution is -2.52. The van der Waals surface area contributed by atoms with E-state index in [0.29, 0.717) is 11.8 Å². The van der Waals surface area contributed by atoms with E-state index < -0.39 is 0 Å². The molecule has 4 aliphatic carbocycles. The first-order valence-electron chi connectivity index (χ1n) is 10.8. The number of carbonyl (C=O) groups excluding carboxylic acids is 2. The number of hydrogen-bond donors (Lipinski definition) is 0. The highest BCUT2D eigenvalue weighted by molar-refractivity contribution is 9.09. The molecule has 4 saturated carbocycles. The Hall–Kier alpha value is -0.580. The van der Waals surface area contributed by atoms with Gasteiger partial charge >= 0.3 is 11.9 Å². The lowest BCUT2D eigenvalue weighted by molar-refractivity contribution is -0.158. The van der Waals surface area contributed by atoms with E-state index in [1.807, 2.05) is 0 Å². The number of hydrogen-bond acceptors (Lipinski definition) is 4. The van der Waals surface area contributed by atoms with E-state index in [4.69, 9.17) is 9.47 Å². The van der Waals surface area contributed by atoms with Crippen molar-refractivity contribution < 1.29 is 19.1 Å². The van der Waals surface area contributed by atoms with Gasteiger partial charge in [0.15, 0.2) is 0 Å². The van der Waals surface area contributed by atoms with E-state index in [1.165, 1.54) is 39.0 Å². The molecule has 27 heavy (non-hydrogen) atoms. The van der Waals surface area contributed by atoms with Gasteiger partial charge in [0.05, 0.1) is 4.83 Å². The molecule has 152 valence electrons. The molecule has 4 rings (SSSR count). The highest BCUT2D eigenvalue weighted by atomic mass is 79.9. The molecule has 0 aromatic heterocycles. The smallest absolute Gasteiger partial charge is 0.302 e. The Balaban J connectivity index is 1.48. The van der Waals surface area contributed by atoms with Crippen LogP contribution in [-0.4, -0.2) is 29.0 Å². The molecule has 5 heteroatoms. The van der Waals surface area contributed by atoms with Crippen molar-refractivity contribution in [1.82, 2.24) is 0 Å². The SMILES string of the molecule is CC(=O)O[C@H]1CC[C@H]2[C@@H]3CC[C@H]4C[C@@H](OC(C)=O)[C@@H](Br)C[C@@H]4[C@H]3CC[C@]12C. The molecular formula is C22H33BrO4. The van der Waals surface area contributed by atoms with Gasteiger partial charge in [0.1, 0.15) is 12.2 Å². The van der Waals surface area contributed by atoms with Gasteiger partial charge in [-0.25, -0.2) is 0 Å². The van der Waals surface area contributed by atoms with E-state index in [-0.39, 0.29) is 34.4 Å². The fourth-order valence-corrected chi connectivity index (χ4v) is 8.19. The van der Waals surface area contributed by atoms with Crippen LogP contribution >= 0.6 is 15.9 Å². The Labute approximate surface area is 171 Å². The molecule has 4 aliphatic rings. The summed E-state index contributed by atoms with van der Waals surface area (Å²) >= 11 is 3.83. The summed E-state index contributed by atoms with van der Waals surface area (Å²) in [6, 6.07) is 0. The predicted molar refractivity (Wildman–Crippen MR) is 106 cm³/mol. The number of halogens is 1. The van der Waals surface area contributed by atoms with Crippen LogP contribution in [0.2, 0.25) is 0 Å². The molecule has 0 N–H and O–H groups in total. The van der Waals surface area contributed by atoms with Crippen molar-refractivity contribution in [2.24, 2.45) is 35.0 Å². The minimum absolute atomic E-state index is 0.0361. The Morgan fingerprint density at radius 1 is 0.889 bits per heavy atom. The second kappa shape index (κ2) is 7.35. The van der Waals surface area contributed by atoms with Crippen molar-refractivity contribution >= 4 is 27.9 Å². The average Bonchev–Trinajstić information content (AvgIpc) is 2.91. The Bertz CT molecular complexity index is 607. The van der Waals surface area contributed by atoms with Gasteiger partial charge in [-0.1, -0.05) is 22.9 Å². The topological polar surface area (TPSA) is 52.6 Å². The molecular weight excluding hydrogens is 408 g/mol. The van der Waals surface area contributed by atoms with Crippen molar-refractivity contribution in [3.63, 3.8) is 0 Å². The van der Waals surface area contributed by atoms with Gasteiger partial charge in [-0.2, -0.15) is 0 Å². The van der Waals surface area contributed by atoms with Crippen LogP contribution in [0.5, 0.6) is 0 Å². The Kier molecular flexibility index (Phi) is 5.37. The standard InChI is InChI=1S/C22H33BrO4/c1-12(24)26-20-10-14-4-5-16-15(17(14)11-19(20)23)8-9-22(3)18(16)6-7-21(22)27-13(2)25/h14-21H,4-11H2,1-3H3/t14-,15-,16+,17-,18-,19-,20+,21-,22-/m0/s1. The first kappa shape index (κ1) is 19.7. The van der Waals surface area contributed by atoms with Crippen LogP contribution in [0.3, 0.4) is 0 Å². The largest absolute Gasteiger partial charge is 0.462 e. The van der Waals surface area contributed by atoms with Crippen molar-refractivity contribution in [1.29, 1.82) is 0 Å². The fourth-order valence-electron chi connectivity index (χ4n) is 7.43. The van der Waals surface area contributed by atoms with E-state index in [1.54, 1.807) is 6.92 Å². The maximum absolute atomic E-state index is 11.6. The minimum atomic E-state index is -0.160. The third-order valence-electron chi connectivity index (χ3n) is 8.49. The van der Waals surface area contributed by atoms with Crippen LogP contribution in [0.1, 0.15) is 72.1 Å². The maximum Gasteiger partial charge on any atom is 0.302 e. The lowest BCUT2D eigenvalue weighted by Gasteiger charge is -2.56. The van der Waals surface area contributed by atoms with Crippen LogP contribution < -0.4 is 0 Å². The molecule has 4 nitrogen and oxygen atoms in total. The zero-order chi connectivity index (χ0) is 19.3. The summed E-state index contributed by atoms with van der Waals surface area (Å²) in [5, 5.41) is 0. The van der Waals surface area contributed by atoms with Gasteiger partial charge in [-0.15, -0.1) is 0 Å².